The number of carbonyl (C=O) groups is 1. The number of para-hydroxylation sites is 1. The molecule has 0 aromatic heterocycles. The Labute approximate surface area is 116 Å². The van der Waals surface area contributed by atoms with E-state index in [9.17, 15) is 4.79 Å². The summed E-state index contributed by atoms with van der Waals surface area (Å²) in [5.41, 5.74) is 0.995. The zero-order valence-electron chi connectivity index (χ0n) is 12.5. The molecule has 0 radical (unpaired) electrons. The molecule has 0 unspecified atom stereocenters. The molecule has 2 heteroatoms. The predicted octanol–water partition coefficient (Wildman–Crippen LogP) is 3.97. The molecule has 0 aliphatic heterocycles. The van der Waals surface area contributed by atoms with Crippen LogP contribution in [0.15, 0.2) is 30.3 Å². The van der Waals surface area contributed by atoms with Crippen molar-refractivity contribution >= 4 is 11.6 Å². The van der Waals surface area contributed by atoms with E-state index >= 15 is 0 Å². The number of rotatable bonds is 3. The van der Waals surface area contributed by atoms with E-state index in [1.54, 1.807) is 0 Å². The van der Waals surface area contributed by atoms with Gasteiger partial charge >= 0.3 is 0 Å². The molecule has 1 aromatic rings. The fourth-order valence-electron chi connectivity index (χ4n) is 3.41. The fraction of sp³-hybridized carbons (Fsp3) is 0.588. The predicted molar refractivity (Wildman–Crippen MR) is 80.1 cm³/mol. The molecule has 104 valence electrons. The van der Waals surface area contributed by atoms with Crippen LogP contribution in [-0.2, 0) is 4.79 Å². The molecule has 0 heterocycles. The van der Waals surface area contributed by atoms with Crippen LogP contribution in [-0.4, -0.2) is 13.0 Å². The van der Waals surface area contributed by atoms with Crippen molar-refractivity contribution in [3.63, 3.8) is 0 Å². The molecule has 1 amide bonds. The lowest BCUT2D eigenvalue weighted by atomic mass is 9.82. The Kier molecular flexibility index (Phi) is 4.28. The molecular formula is C17H25NO. The van der Waals surface area contributed by atoms with Crippen molar-refractivity contribution in [2.24, 2.45) is 23.7 Å². The summed E-state index contributed by atoms with van der Waals surface area (Å²) in [6.45, 7) is 6.71. The molecule has 1 fully saturated rings. The summed E-state index contributed by atoms with van der Waals surface area (Å²) in [5, 5.41) is 0. The number of carbonyl (C=O) groups excluding carboxylic acids is 1. The number of nitrogens with zero attached hydrogens (tertiary/aromatic N) is 1. The van der Waals surface area contributed by atoms with Crippen LogP contribution in [0.25, 0.3) is 0 Å². The minimum atomic E-state index is 0.185. The third-order valence-corrected chi connectivity index (χ3v) is 4.65. The zero-order chi connectivity index (χ0) is 14.0. The van der Waals surface area contributed by atoms with Crippen LogP contribution in [0.4, 0.5) is 5.69 Å². The van der Waals surface area contributed by atoms with Crippen molar-refractivity contribution in [3.8, 4) is 0 Å². The molecule has 1 aliphatic rings. The number of benzene rings is 1. The summed E-state index contributed by atoms with van der Waals surface area (Å²) >= 11 is 0. The van der Waals surface area contributed by atoms with E-state index in [-0.39, 0.29) is 11.8 Å². The molecule has 19 heavy (non-hydrogen) atoms. The SMILES string of the molecule is CC(C)[C@H]1CC[C@H](C)[C@H]1C(=O)N(C)c1ccccc1. The Hall–Kier alpha value is -1.31. The van der Waals surface area contributed by atoms with Crippen LogP contribution >= 0.6 is 0 Å². The summed E-state index contributed by atoms with van der Waals surface area (Å²) < 4.78 is 0. The Bertz CT molecular complexity index is 426. The maximum absolute atomic E-state index is 12.8. The van der Waals surface area contributed by atoms with Crippen molar-refractivity contribution in [3.05, 3.63) is 30.3 Å². The average Bonchev–Trinajstić information content (AvgIpc) is 2.80. The fourth-order valence-corrected chi connectivity index (χ4v) is 3.41. The lowest BCUT2D eigenvalue weighted by molar-refractivity contribution is -0.124. The van der Waals surface area contributed by atoms with E-state index in [0.717, 1.165) is 5.69 Å². The minimum absolute atomic E-state index is 0.185. The maximum atomic E-state index is 12.8. The first kappa shape index (κ1) is 14.1. The van der Waals surface area contributed by atoms with Gasteiger partial charge in [0, 0.05) is 18.7 Å². The van der Waals surface area contributed by atoms with Gasteiger partial charge in [0.15, 0.2) is 0 Å². The molecule has 2 nitrogen and oxygen atoms in total. The molecular weight excluding hydrogens is 234 g/mol. The molecule has 2 rings (SSSR count). The minimum Gasteiger partial charge on any atom is -0.315 e. The summed E-state index contributed by atoms with van der Waals surface area (Å²) in [6, 6.07) is 9.95. The first-order chi connectivity index (χ1) is 9.02. The molecule has 0 N–H and O–H groups in total. The van der Waals surface area contributed by atoms with Gasteiger partial charge < -0.3 is 4.90 Å². The van der Waals surface area contributed by atoms with Crippen LogP contribution in [0.1, 0.15) is 33.6 Å². The van der Waals surface area contributed by atoms with Crippen LogP contribution in [0.3, 0.4) is 0 Å². The largest absolute Gasteiger partial charge is 0.315 e. The Morgan fingerprint density at radius 1 is 1.21 bits per heavy atom. The van der Waals surface area contributed by atoms with Crippen LogP contribution in [0.2, 0.25) is 0 Å². The van der Waals surface area contributed by atoms with Gasteiger partial charge in [0.2, 0.25) is 5.91 Å². The van der Waals surface area contributed by atoms with Crippen molar-refractivity contribution in [2.75, 3.05) is 11.9 Å². The molecule has 0 bridgehead atoms. The lowest BCUT2D eigenvalue weighted by Gasteiger charge is -2.29. The van der Waals surface area contributed by atoms with E-state index in [1.807, 2.05) is 42.3 Å². The van der Waals surface area contributed by atoms with E-state index < -0.39 is 0 Å². The van der Waals surface area contributed by atoms with Crippen LogP contribution < -0.4 is 4.90 Å². The van der Waals surface area contributed by atoms with Gasteiger partial charge in [-0.2, -0.15) is 0 Å². The Morgan fingerprint density at radius 2 is 1.84 bits per heavy atom. The van der Waals surface area contributed by atoms with Gasteiger partial charge in [0.05, 0.1) is 0 Å². The number of amides is 1. The molecule has 0 spiro atoms. The standard InChI is InChI=1S/C17H25NO/c1-12(2)15-11-10-13(3)16(15)17(19)18(4)14-8-6-5-7-9-14/h5-9,12-13,15-16H,10-11H2,1-4H3/t13-,15+,16+/m0/s1. The van der Waals surface area contributed by atoms with E-state index in [0.29, 0.717) is 17.8 Å². The second kappa shape index (κ2) is 5.77. The van der Waals surface area contributed by atoms with Crippen LogP contribution in [0, 0.1) is 23.7 Å². The Balaban J connectivity index is 2.18. The molecule has 1 aromatic carbocycles. The summed E-state index contributed by atoms with van der Waals surface area (Å²) in [7, 11) is 1.90. The lowest BCUT2D eigenvalue weighted by Crippen LogP contribution is -2.38. The maximum Gasteiger partial charge on any atom is 0.230 e. The smallest absolute Gasteiger partial charge is 0.230 e. The summed E-state index contributed by atoms with van der Waals surface area (Å²) in [5.74, 6) is 2.10. The second-order valence-electron chi connectivity index (χ2n) is 6.22. The quantitative estimate of drug-likeness (QED) is 0.804. The second-order valence-corrected chi connectivity index (χ2v) is 6.22. The van der Waals surface area contributed by atoms with Gasteiger partial charge in [-0.05, 0) is 42.7 Å². The van der Waals surface area contributed by atoms with E-state index in [1.165, 1.54) is 12.8 Å². The molecule has 1 saturated carbocycles. The van der Waals surface area contributed by atoms with Crippen molar-refractivity contribution in [1.82, 2.24) is 0 Å². The third-order valence-electron chi connectivity index (χ3n) is 4.65. The van der Waals surface area contributed by atoms with Gasteiger partial charge in [-0.15, -0.1) is 0 Å². The monoisotopic (exact) mass is 259 g/mol. The van der Waals surface area contributed by atoms with Gasteiger partial charge in [-0.25, -0.2) is 0 Å². The van der Waals surface area contributed by atoms with E-state index in [2.05, 4.69) is 20.8 Å². The van der Waals surface area contributed by atoms with Gasteiger partial charge in [0.1, 0.15) is 0 Å². The number of hydrogen-bond donors (Lipinski definition) is 0. The third kappa shape index (κ3) is 2.83. The van der Waals surface area contributed by atoms with Crippen molar-refractivity contribution < 1.29 is 4.79 Å². The number of anilines is 1. The first-order valence-corrected chi connectivity index (χ1v) is 7.35. The van der Waals surface area contributed by atoms with Crippen LogP contribution in [0.5, 0.6) is 0 Å². The first-order valence-electron chi connectivity index (χ1n) is 7.35. The molecule has 0 saturated heterocycles. The molecule has 3 atom stereocenters. The molecule has 1 aliphatic carbocycles. The summed E-state index contributed by atoms with van der Waals surface area (Å²) in [6.07, 6.45) is 2.37. The topological polar surface area (TPSA) is 20.3 Å². The van der Waals surface area contributed by atoms with E-state index in [4.69, 9.17) is 0 Å². The summed E-state index contributed by atoms with van der Waals surface area (Å²) in [4.78, 5) is 14.6. The normalized spacial score (nSPS) is 26.7. The highest BCUT2D eigenvalue weighted by Crippen LogP contribution is 2.42. The van der Waals surface area contributed by atoms with Gasteiger partial charge in [-0.3, -0.25) is 4.79 Å². The van der Waals surface area contributed by atoms with Crippen molar-refractivity contribution in [1.29, 1.82) is 0 Å². The zero-order valence-corrected chi connectivity index (χ0v) is 12.5. The highest BCUT2D eigenvalue weighted by Gasteiger charge is 2.41. The highest BCUT2D eigenvalue weighted by molar-refractivity contribution is 5.95. The highest BCUT2D eigenvalue weighted by atomic mass is 16.2. The average molecular weight is 259 g/mol. The number of hydrogen-bond acceptors (Lipinski definition) is 1. The Morgan fingerprint density at radius 3 is 2.42 bits per heavy atom. The van der Waals surface area contributed by atoms with Gasteiger partial charge in [-0.1, -0.05) is 39.0 Å². The van der Waals surface area contributed by atoms with Crippen molar-refractivity contribution in [2.45, 2.75) is 33.6 Å². The van der Waals surface area contributed by atoms with Gasteiger partial charge in [0.25, 0.3) is 0 Å².